The SMILES string of the molecule is NS(=O)(=O)C1(CO)CC1. The summed E-state index contributed by atoms with van der Waals surface area (Å²) in [6.07, 6.45) is 1.00. The highest BCUT2D eigenvalue weighted by Crippen LogP contribution is 2.41. The van der Waals surface area contributed by atoms with E-state index in [2.05, 4.69) is 0 Å². The van der Waals surface area contributed by atoms with E-state index in [-0.39, 0.29) is 6.61 Å². The van der Waals surface area contributed by atoms with Gasteiger partial charge in [0.15, 0.2) is 0 Å². The lowest BCUT2D eigenvalue weighted by molar-refractivity contribution is 0.283. The lowest BCUT2D eigenvalue weighted by Gasteiger charge is -2.05. The molecule has 54 valence electrons. The molecule has 1 saturated carbocycles. The van der Waals surface area contributed by atoms with E-state index in [1.807, 2.05) is 0 Å². The molecule has 0 spiro atoms. The molecule has 0 aromatic carbocycles. The normalized spacial score (nSPS) is 23.8. The second kappa shape index (κ2) is 1.68. The molecular weight excluding hydrogens is 142 g/mol. The fraction of sp³-hybridized carbons (Fsp3) is 1.00. The zero-order valence-electron chi connectivity index (χ0n) is 4.87. The summed E-state index contributed by atoms with van der Waals surface area (Å²) in [5.41, 5.74) is 0. The van der Waals surface area contributed by atoms with Gasteiger partial charge in [-0.25, -0.2) is 13.6 Å². The minimum Gasteiger partial charge on any atom is -0.395 e. The van der Waals surface area contributed by atoms with Gasteiger partial charge < -0.3 is 5.11 Å². The minimum absolute atomic E-state index is 0.341. The Kier molecular flexibility index (Phi) is 1.30. The quantitative estimate of drug-likeness (QED) is 0.520. The van der Waals surface area contributed by atoms with E-state index in [1.165, 1.54) is 0 Å². The number of aliphatic hydroxyl groups excluding tert-OH is 1. The highest BCUT2D eigenvalue weighted by atomic mass is 32.2. The molecule has 1 rings (SSSR count). The molecule has 0 aromatic rings. The third-order valence-electron chi connectivity index (χ3n) is 1.70. The molecule has 0 aliphatic heterocycles. The lowest BCUT2D eigenvalue weighted by Crippen LogP contribution is -2.33. The summed E-state index contributed by atoms with van der Waals surface area (Å²) >= 11 is 0. The summed E-state index contributed by atoms with van der Waals surface area (Å²) in [4.78, 5) is 0. The highest BCUT2D eigenvalue weighted by molar-refractivity contribution is 7.90. The lowest BCUT2D eigenvalue weighted by atomic mass is 10.5. The molecule has 1 aliphatic rings. The first kappa shape index (κ1) is 6.98. The van der Waals surface area contributed by atoms with Crippen LogP contribution in [0.1, 0.15) is 12.8 Å². The van der Waals surface area contributed by atoms with Crippen molar-refractivity contribution in [3.8, 4) is 0 Å². The molecule has 0 heterocycles. The molecule has 0 amide bonds. The molecule has 1 fully saturated rings. The average molecular weight is 151 g/mol. The molecule has 0 unspecified atom stereocenters. The van der Waals surface area contributed by atoms with E-state index in [0.29, 0.717) is 12.8 Å². The van der Waals surface area contributed by atoms with Crippen LogP contribution in [0.5, 0.6) is 0 Å². The molecule has 0 saturated heterocycles. The molecule has 0 aromatic heterocycles. The molecule has 9 heavy (non-hydrogen) atoms. The van der Waals surface area contributed by atoms with E-state index >= 15 is 0 Å². The van der Waals surface area contributed by atoms with Crippen LogP contribution < -0.4 is 5.14 Å². The summed E-state index contributed by atoms with van der Waals surface area (Å²) in [5.74, 6) is 0. The Morgan fingerprint density at radius 1 is 1.56 bits per heavy atom. The van der Waals surface area contributed by atoms with Gasteiger partial charge in [0, 0.05) is 0 Å². The summed E-state index contributed by atoms with van der Waals surface area (Å²) < 4.78 is 20.2. The predicted molar refractivity (Wildman–Crippen MR) is 32.2 cm³/mol. The first-order valence-electron chi connectivity index (χ1n) is 2.65. The largest absolute Gasteiger partial charge is 0.395 e. The van der Waals surface area contributed by atoms with Crippen molar-refractivity contribution in [1.82, 2.24) is 0 Å². The predicted octanol–water partition coefficient (Wildman–Crippen LogP) is -1.20. The number of rotatable bonds is 2. The van der Waals surface area contributed by atoms with Gasteiger partial charge >= 0.3 is 0 Å². The maximum absolute atomic E-state index is 10.6. The van der Waals surface area contributed by atoms with Crippen molar-refractivity contribution in [3.63, 3.8) is 0 Å². The first-order chi connectivity index (χ1) is 4.02. The van der Waals surface area contributed by atoms with Crippen LogP contribution in [0.3, 0.4) is 0 Å². The molecule has 3 N–H and O–H groups in total. The Hall–Kier alpha value is -0.130. The topological polar surface area (TPSA) is 80.4 Å². The molecule has 0 atom stereocenters. The summed E-state index contributed by atoms with van der Waals surface area (Å²) in [7, 11) is -3.49. The smallest absolute Gasteiger partial charge is 0.217 e. The van der Waals surface area contributed by atoms with Crippen molar-refractivity contribution in [2.24, 2.45) is 5.14 Å². The van der Waals surface area contributed by atoms with E-state index in [9.17, 15) is 8.42 Å². The zero-order valence-corrected chi connectivity index (χ0v) is 5.69. The maximum Gasteiger partial charge on any atom is 0.217 e. The van der Waals surface area contributed by atoms with Crippen LogP contribution in [-0.2, 0) is 10.0 Å². The van der Waals surface area contributed by atoms with Crippen molar-refractivity contribution in [2.45, 2.75) is 17.6 Å². The van der Waals surface area contributed by atoms with Gasteiger partial charge in [0.2, 0.25) is 10.0 Å². The Balaban J connectivity index is 2.85. The number of nitrogens with two attached hydrogens (primary N) is 1. The van der Waals surface area contributed by atoms with E-state index in [0.717, 1.165) is 0 Å². The molecule has 1 aliphatic carbocycles. The van der Waals surface area contributed by atoms with Crippen LogP contribution in [0.25, 0.3) is 0 Å². The Bertz CT molecular complexity index is 204. The summed E-state index contributed by atoms with van der Waals surface area (Å²) in [6, 6.07) is 0. The molecule has 0 bridgehead atoms. The number of hydrogen-bond acceptors (Lipinski definition) is 3. The Morgan fingerprint density at radius 3 is 2.00 bits per heavy atom. The monoisotopic (exact) mass is 151 g/mol. The van der Waals surface area contributed by atoms with Crippen LogP contribution >= 0.6 is 0 Å². The van der Waals surface area contributed by atoms with E-state index in [1.54, 1.807) is 0 Å². The second-order valence-corrected chi connectivity index (χ2v) is 4.34. The maximum atomic E-state index is 10.6. The standard InChI is InChI=1S/C4H9NO3S/c5-9(7,8)4(3-6)1-2-4/h6H,1-3H2,(H2,5,7,8). The van der Waals surface area contributed by atoms with Crippen LogP contribution in [0.4, 0.5) is 0 Å². The molecule has 0 radical (unpaired) electrons. The first-order valence-corrected chi connectivity index (χ1v) is 4.20. The van der Waals surface area contributed by atoms with Gasteiger partial charge in [0.05, 0.1) is 6.61 Å². The van der Waals surface area contributed by atoms with Crippen molar-refractivity contribution < 1.29 is 13.5 Å². The zero-order chi connectivity index (χ0) is 7.12. The number of primary sulfonamides is 1. The van der Waals surface area contributed by atoms with E-state index in [4.69, 9.17) is 10.2 Å². The molecule has 4 nitrogen and oxygen atoms in total. The minimum atomic E-state index is -3.49. The van der Waals surface area contributed by atoms with Crippen LogP contribution in [0.2, 0.25) is 0 Å². The summed E-state index contributed by atoms with van der Waals surface area (Å²) in [5, 5.41) is 13.3. The van der Waals surface area contributed by atoms with Gasteiger partial charge in [-0.2, -0.15) is 0 Å². The van der Waals surface area contributed by atoms with E-state index < -0.39 is 14.8 Å². The van der Waals surface area contributed by atoms with Crippen LogP contribution in [0.15, 0.2) is 0 Å². The average Bonchev–Trinajstić information content (AvgIpc) is 2.40. The highest BCUT2D eigenvalue weighted by Gasteiger charge is 2.52. The van der Waals surface area contributed by atoms with Crippen molar-refractivity contribution in [3.05, 3.63) is 0 Å². The van der Waals surface area contributed by atoms with Crippen molar-refractivity contribution in [1.29, 1.82) is 0 Å². The van der Waals surface area contributed by atoms with Gasteiger partial charge in [0.1, 0.15) is 4.75 Å². The van der Waals surface area contributed by atoms with Gasteiger partial charge in [-0.05, 0) is 12.8 Å². The Morgan fingerprint density at radius 2 is 2.00 bits per heavy atom. The molecule has 5 heteroatoms. The fourth-order valence-electron chi connectivity index (χ4n) is 0.672. The van der Waals surface area contributed by atoms with Gasteiger partial charge in [-0.3, -0.25) is 0 Å². The second-order valence-electron chi connectivity index (χ2n) is 2.39. The number of aliphatic hydroxyl groups is 1. The summed E-state index contributed by atoms with van der Waals surface area (Å²) in [6.45, 7) is -0.341. The van der Waals surface area contributed by atoms with Gasteiger partial charge in [-0.1, -0.05) is 0 Å². The third-order valence-corrected chi connectivity index (χ3v) is 3.44. The van der Waals surface area contributed by atoms with Crippen molar-refractivity contribution >= 4 is 10.0 Å². The third kappa shape index (κ3) is 0.953. The number of sulfonamides is 1. The van der Waals surface area contributed by atoms with Gasteiger partial charge in [-0.15, -0.1) is 0 Å². The fourth-order valence-corrected chi connectivity index (χ4v) is 1.52. The van der Waals surface area contributed by atoms with Crippen LogP contribution in [-0.4, -0.2) is 24.9 Å². The van der Waals surface area contributed by atoms with Crippen LogP contribution in [0, 0.1) is 0 Å². The Labute approximate surface area is 53.7 Å². The van der Waals surface area contributed by atoms with Gasteiger partial charge in [0.25, 0.3) is 0 Å². The molecular formula is C4H9NO3S. The number of hydrogen-bond donors (Lipinski definition) is 2. The van der Waals surface area contributed by atoms with Crippen molar-refractivity contribution in [2.75, 3.05) is 6.61 Å².